The zero-order valence-electron chi connectivity index (χ0n) is 18.8. The van der Waals surface area contributed by atoms with E-state index in [1.54, 1.807) is 20.8 Å². The van der Waals surface area contributed by atoms with Gasteiger partial charge in [0.05, 0.1) is 6.61 Å². The number of aromatic nitrogens is 1. The monoisotopic (exact) mass is 453 g/mol. The number of aromatic amines is 1. The third-order valence-electron chi connectivity index (χ3n) is 6.42. The summed E-state index contributed by atoms with van der Waals surface area (Å²) in [6.07, 6.45) is 7.79. The first-order valence-corrected chi connectivity index (χ1v) is 12.9. The minimum Gasteiger partial charge on any atom is -0.462 e. The Hall–Kier alpha value is -1.87. The third-order valence-corrected chi connectivity index (χ3v) is 8.49. The largest absolute Gasteiger partial charge is 0.462 e. The van der Waals surface area contributed by atoms with Crippen LogP contribution in [0.25, 0.3) is 0 Å². The standard InChI is InChI=1S/C22H35N3O5S/c1-4-30-22(27)19-15(2)23-16(3)20(19)31(28,29)25-13-11-17(12-14-25)21(26)24-18-9-7-5-6-8-10-18/h17-18,23H,4-14H2,1-3H3,(H,24,26). The second-order valence-electron chi connectivity index (χ2n) is 8.68. The lowest BCUT2D eigenvalue weighted by Gasteiger charge is -2.31. The quantitative estimate of drug-likeness (QED) is 0.508. The summed E-state index contributed by atoms with van der Waals surface area (Å²) in [5.74, 6) is -0.765. The van der Waals surface area contributed by atoms with Crippen molar-refractivity contribution in [2.45, 2.75) is 83.1 Å². The van der Waals surface area contributed by atoms with Gasteiger partial charge in [0.2, 0.25) is 15.9 Å². The van der Waals surface area contributed by atoms with Crippen molar-refractivity contribution in [1.82, 2.24) is 14.6 Å². The SMILES string of the molecule is CCOC(=O)c1c(C)[nH]c(C)c1S(=O)(=O)N1CCC(C(=O)NC2CCCCCC2)CC1. The lowest BCUT2D eigenvalue weighted by molar-refractivity contribution is -0.126. The van der Waals surface area contributed by atoms with E-state index in [0.717, 1.165) is 25.7 Å². The van der Waals surface area contributed by atoms with Crippen LogP contribution in [0.15, 0.2) is 4.90 Å². The molecule has 2 N–H and O–H groups in total. The maximum Gasteiger partial charge on any atom is 0.341 e. The van der Waals surface area contributed by atoms with Gasteiger partial charge in [-0.3, -0.25) is 4.79 Å². The Bertz CT molecular complexity index is 892. The number of esters is 1. The highest BCUT2D eigenvalue weighted by molar-refractivity contribution is 7.89. The van der Waals surface area contributed by atoms with Gasteiger partial charge in [-0.2, -0.15) is 4.31 Å². The molecule has 174 valence electrons. The molecule has 1 aliphatic carbocycles. The van der Waals surface area contributed by atoms with E-state index in [2.05, 4.69) is 10.3 Å². The number of aryl methyl sites for hydroxylation is 2. The van der Waals surface area contributed by atoms with Crippen molar-refractivity contribution in [3.8, 4) is 0 Å². The van der Waals surface area contributed by atoms with Gasteiger partial charge in [-0.1, -0.05) is 25.7 Å². The average molecular weight is 454 g/mol. The first-order valence-electron chi connectivity index (χ1n) is 11.4. The first-order chi connectivity index (χ1) is 14.8. The number of amides is 1. The Morgan fingerprint density at radius 3 is 2.23 bits per heavy atom. The first kappa shape index (κ1) is 23.8. The van der Waals surface area contributed by atoms with Gasteiger partial charge in [0, 0.05) is 36.4 Å². The third kappa shape index (κ3) is 5.31. The van der Waals surface area contributed by atoms with Crippen molar-refractivity contribution in [2.24, 2.45) is 5.92 Å². The normalized spacial score (nSPS) is 19.7. The molecule has 3 rings (SSSR count). The molecule has 9 heteroatoms. The zero-order chi connectivity index (χ0) is 22.6. The number of ether oxygens (including phenoxy) is 1. The topological polar surface area (TPSA) is 109 Å². The Morgan fingerprint density at radius 2 is 1.65 bits per heavy atom. The average Bonchev–Trinajstić information content (AvgIpc) is 2.88. The summed E-state index contributed by atoms with van der Waals surface area (Å²) in [5, 5.41) is 3.19. The molecule has 31 heavy (non-hydrogen) atoms. The number of nitrogens with zero attached hydrogens (tertiary/aromatic N) is 1. The molecule has 0 spiro atoms. The number of sulfonamides is 1. The van der Waals surface area contributed by atoms with Gasteiger partial charge in [-0.05, 0) is 46.5 Å². The van der Waals surface area contributed by atoms with Gasteiger partial charge in [0.1, 0.15) is 10.5 Å². The Balaban J connectivity index is 1.68. The van der Waals surface area contributed by atoms with Gasteiger partial charge in [0.15, 0.2) is 0 Å². The molecule has 1 amide bonds. The fourth-order valence-electron chi connectivity index (χ4n) is 4.76. The van der Waals surface area contributed by atoms with Crippen LogP contribution in [0.1, 0.15) is 80.0 Å². The highest BCUT2D eigenvalue weighted by Crippen LogP contribution is 2.30. The molecule has 2 fully saturated rings. The predicted octanol–water partition coefficient (Wildman–Crippen LogP) is 3.05. The molecule has 1 aromatic heterocycles. The maximum atomic E-state index is 13.4. The summed E-state index contributed by atoms with van der Waals surface area (Å²) in [5.41, 5.74) is 0.980. The van der Waals surface area contributed by atoms with Gasteiger partial charge in [0.25, 0.3) is 0 Å². The van der Waals surface area contributed by atoms with Gasteiger partial charge >= 0.3 is 5.97 Å². The molecule has 8 nitrogen and oxygen atoms in total. The van der Waals surface area contributed by atoms with Crippen molar-refractivity contribution >= 4 is 21.9 Å². The van der Waals surface area contributed by atoms with E-state index in [4.69, 9.17) is 4.74 Å². The van der Waals surface area contributed by atoms with Gasteiger partial charge in [-0.15, -0.1) is 0 Å². The molecule has 0 unspecified atom stereocenters. The smallest absolute Gasteiger partial charge is 0.341 e. The molecule has 2 aliphatic rings. The fraction of sp³-hybridized carbons (Fsp3) is 0.727. The molecule has 1 aliphatic heterocycles. The number of rotatable bonds is 6. The lowest BCUT2D eigenvalue weighted by Crippen LogP contribution is -2.45. The second-order valence-corrected chi connectivity index (χ2v) is 10.5. The number of hydrogen-bond acceptors (Lipinski definition) is 5. The van der Waals surface area contributed by atoms with E-state index >= 15 is 0 Å². The highest BCUT2D eigenvalue weighted by Gasteiger charge is 2.37. The number of carbonyl (C=O) groups excluding carboxylic acids is 2. The van der Waals surface area contributed by atoms with Crippen molar-refractivity contribution in [1.29, 1.82) is 0 Å². The zero-order valence-corrected chi connectivity index (χ0v) is 19.6. The fourth-order valence-corrected chi connectivity index (χ4v) is 6.64. The molecule has 0 radical (unpaired) electrons. The Kier molecular flexibility index (Phi) is 7.80. The molecule has 0 aromatic carbocycles. The van der Waals surface area contributed by atoms with E-state index in [1.807, 2.05) is 0 Å². The minimum atomic E-state index is -3.88. The van der Waals surface area contributed by atoms with Crippen LogP contribution in [0.3, 0.4) is 0 Å². The van der Waals surface area contributed by atoms with Crippen LogP contribution in [-0.4, -0.2) is 55.3 Å². The van der Waals surface area contributed by atoms with Crippen molar-refractivity contribution < 1.29 is 22.7 Å². The number of carbonyl (C=O) groups is 2. The molecule has 1 aromatic rings. The van der Waals surface area contributed by atoms with Crippen LogP contribution in [0.2, 0.25) is 0 Å². The molecule has 2 heterocycles. The maximum absolute atomic E-state index is 13.4. The molecule has 0 bridgehead atoms. The van der Waals surface area contributed by atoms with Crippen molar-refractivity contribution in [2.75, 3.05) is 19.7 Å². The predicted molar refractivity (Wildman–Crippen MR) is 117 cm³/mol. The number of hydrogen-bond donors (Lipinski definition) is 2. The van der Waals surface area contributed by atoms with Crippen LogP contribution in [0, 0.1) is 19.8 Å². The summed E-state index contributed by atoms with van der Waals surface area (Å²) >= 11 is 0. The summed E-state index contributed by atoms with van der Waals surface area (Å²) < 4.78 is 33.2. The molecule has 1 saturated heterocycles. The number of piperidine rings is 1. The second kappa shape index (κ2) is 10.2. The molecular formula is C22H35N3O5S. The van der Waals surface area contributed by atoms with E-state index in [9.17, 15) is 18.0 Å². The van der Waals surface area contributed by atoms with E-state index < -0.39 is 16.0 Å². The summed E-state index contributed by atoms with van der Waals surface area (Å²) in [6.45, 7) is 5.70. The van der Waals surface area contributed by atoms with E-state index in [-0.39, 0.29) is 48.0 Å². The number of nitrogens with one attached hydrogen (secondary N) is 2. The highest BCUT2D eigenvalue weighted by atomic mass is 32.2. The van der Waals surface area contributed by atoms with Crippen LogP contribution < -0.4 is 5.32 Å². The summed E-state index contributed by atoms with van der Waals surface area (Å²) in [6, 6.07) is 0.245. The number of H-pyrrole nitrogens is 1. The van der Waals surface area contributed by atoms with Crippen LogP contribution in [-0.2, 0) is 19.6 Å². The Labute approximate surface area is 185 Å². The van der Waals surface area contributed by atoms with Crippen LogP contribution >= 0.6 is 0 Å². The van der Waals surface area contributed by atoms with Gasteiger partial charge < -0.3 is 15.0 Å². The van der Waals surface area contributed by atoms with Crippen LogP contribution in [0.5, 0.6) is 0 Å². The van der Waals surface area contributed by atoms with Gasteiger partial charge in [-0.25, -0.2) is 13.2 Å². The summed E-state index contributed by atoms with van der Waals surface area (Å²) in [4.78, 5) is 28.1. The molecule has 0 atom stereocenters. The van der Waals surface area contributed by atoms with E-state index in [1.165, 1.54) is 17.1 Å². The van der Waals surface area contributed by atoms with Crippen LogP contribution in [0.4, 0.5) is 0 Å². The van der Waals surface area contributed by atoms with Crippen molar-refractivity contribution in [3.63, 3.8) is 0 Å². The Morgan fingerprint density at radius 1 is 1.03 bits per heavy atom. The van der Waals surface area contributed by atoms with Crippen molar-refractivity contribution in [3.05, 3.63) is 17.0 Å². The summed E-state index contributed by atoms with van der Waals surface area (Å²) in [7, 11) is -3.88. The lowest BCUT2D eigenvalue weighted by atomic mass is 9.96. The molecule has 1 saturated carbocycles. The molecular weight excluding hydrogens is 418 g/mol. The minimum absolute atomic E-state index is 0.00944. The van der Waals surface area contributed by atoms with E-state index in [0.29, 0.717) is 24.2 Å².